The van der Waals surface area contributed by atoms with Crippen LogP contribution in [0.25, 0.3) is 0 Å². The fourth-order valence-corrected chi connectivity index (χ4v) is 3.23. The van der Waals surface area contributed by atoms with Crippen LogP contribution in [0.15, 0.2) is 30.3 Å². The summed E-state index contributed by atoms with van der Waals surface area (Å²) < 4.78 is 22.2. The number of benzene rings is 2. The molecular formula is C20H24ClNO4. The van der Waals surface area contributed by atoms with Crippen molar-refractivity contribution < 1.29 is 18.9 Å². The van der Waals surface area contributed by atoms with E-state index in [0.29, 0.717) is 36.3 Å². The number of nitrogens with one attached hydrogen (secondary N) is 1. The molecule has 1 atom stereocenters. The van der Waals surface area contributed by atoms with Crippen LogP contribution in [0.1, 0.15) is 30.5 Å². The number of methoxy groups -OCH3 is 2. The molecule has 2 aromatic carbocycles. The first-order valence-electron chi connectivity index (χ1n) is 8.65. The Morgan fingerprint density at radius 3 is 2.69 bits per heavy atom. The highest BCUT2D eigenvalue weighted by molar-refractivity contribution is 6.32. The zero-order valence-corrected chi connectivity index (χ0v) is 16.1. The van der Waals surface area contributed by atoms with Gasteiger partial charge >= 0.3 is 0 Å². The Morgan fingerprint density at radius 2 is 1.92 bits per heavy atom. The molecule has 0 saturated heterocycles. The molecule has 0 fully saturated rings. The summed E-state index contributed by atoms with van der Waals surface area (Å²) in [5, 5.41) is 4.08. The largest absolute Gasteiger partial charge is 0.497 e. The number of halogens is 1. The third-order valence-corrected chi connectivity index (χ3v) is 4.66. The summed E-state index contributed by atoms with van der Waals surface area (Å²) in [6.07, 6.45) is 0.852. The summed E-state index contributed by atoms with van der Waals surface area (Å²) in [4.78, 5) is 0. The lowest BCUT2D eigenvalue weighted by molar-refractivity contribution is 0.297. The van der Waals surface area contributed by atoms with E-state index in [0.717, 1.165) is 29.0 Å². The topological polar surface area (TPSA) is 49.0 Å². The molecule has 0 spiro atoms. The lowest BCUT2D eigenvalue weighted by atomic mass is 10.1. The molecule has 0 radical (unpaired) electrons. The highest BCUT2D eigenvalue weighted by Gasteiger charge is 2.17. The average molecular weight is 378 g/mol. The van der Waals surface area contributed by atoms with Crippen LogP contribution in [0.4, 0.5) is 0 Å². The molecule has 0 amide bonds. The molecule has 0 aromatic heterocycles. The average Bonchev–Trinajstić information content (AvgIpc) is 2.91. The molecule has 0 saturated carbocycles. The Hall–Kier alpha value is -2.11. The zero-order chi connectivity index (χ0) is 18.5. The zero-order valence-electron chi connectivity index (χ0n) is 15.3. The number of fused-ring (bicyclic) bond motifs is 1. The van der Waals surface area contributed by atoms with Gasteiger partial charge in [0.25, 0.3) is 0 Å². The van der Waals surface area contributed by atoms with Crippen LogP contribution >= 0.6 is 11.6 Å². The Balaban J connectivity index is 1.75. The van der Waals surface area contributed by atoms with Gasteiger partial charge in [0, 0.05) is 24.6 Å². The van der Waals surface area contributed by atoms with Crippen LogP contribution in [0.5, 0.6) is 23.0 Å². The van der Waals surface area contributed by atoms with Crippen molar-refractivity contribution in [2.24, 2.45) is 0 Å². The van der Waals surface area contributed by atoms with E-state index in [2.05, 4.69) is 12.2 Å². The van der Waals surface area contributed by atoms with Crippen LogP contribution in [0.3, 0.4) is 0 Å². The molecule has 5 nitrogen and oxygen atoms in total. The Bertz CT molecular complexity index is 766. The van der Waals surface area contributed by atoms with Crippen molar-refractivity contribution >= 4 is 11.6 Å². The molecule has 0 bridgehead atoms. The third kappa shape index (κ3) is 4.17. The van der Waals surface area contributed by atoms with Crippen molar-refractivity contribution in [1.82, 2.24) is 5.32 Å². The number of ether oxygens (including phenoxy) is 4. The van der Waals surface area contributed by atoms with Crippen LogP contribution in [0, 0.1) is 0 Å². The van der Waals surface area contributed by atoms with Crippen LogP contribution < -0.4 is 24.3 Å². The van der Waals surface area contributed by atoms with Crippen LogP contribution in [0.2, 0.25) is 5.02 Å². The second kappa shape index (κ2) is 8.52. The van der Waals surface area contributed by atoms with Crippen molar-refractivity contribution in [3.63, 3.8) is 0 Å². The van der Waals surface area contributed by atoms with Gasteiger partial charge in [-0.3, -0.25) is 0 Å². The fraction of sp³-hybridized carbons (Fsp3) is 0.400. The second-order valence-corrected chi connectivity index (χ2v) is 6.57. The first-order valence-corrected chi connectivity index (χ1v) is 9.03. The molecule has 26 heavy (non-hydrogen) atoms. The molecule has 140 valence electrons. The maximum Gasteiger partial charge on any atom is 0.179 e. The monoisotopic (exact) mass is 377 g/mol. The van der Waals surface area contributed by atoms with Gasteiger partial charge in [-0.1, -0.05) is 11.6 Å². The minimum atomic E-state index is 0.0646. The van der Waals surface area contributed by atoms with E-state index in [1.54, 1.807) is 14.2 Å². The molecular weight excluding hydrogens is 354 g/mol. The van der Waals surface area contributed by atoms with E-state index in [4.69, 9.17) is 30.5 Å². The SMILES string of the molecule is COc1ccc(OC)c([C@@H](C)NCc2cc(Cl)c3c(c2)OCCCO3)c1. The molecule has 6 heteroatoms. The number of rotatable bonds is 6. The highest BCUT2D eigenvalue weighted by atomic mass is 35.5. The van der Waals surface area contributed by atoms with Gasteiger partial charge in [-0.15, -0.1) is 0 Å². The fourth-order valence-electron chi connectivity index (χ4n) is 2.94. The molecule has 0 aliphatic carbocycles. The molecule has 2 aromatic rings. The minimum absolute atomic E-state index is 0.0646. The Morgan fingerprint density at radius 1 is 1.12 bits per heavy atom. The first-order chi connectivity index (χ1) is 12.6. The van der Waals surface area contributed by atoms with Gasteiger partial charge in [0.1, 0.15) is 11.5 Å². The van der Waals surface area contributed by atoms with E-state index >= 15 is 0 Å². The van der Waals surface area contributed by atoms with Crippen molar-refractivity contribution in [2.45, 2.75) is 25.9 Å². The molecule has 3 rings (SSSR count). The Labute approximate surface area is 159 Å². The van der Waals surface area contributed by atoms with Gasteiger partial charge in [-0.05, 0) is 42.8 Å². The smallest absolute Gasteiger partial charge is 0.179 e. The summed E-state index contributed by atoms with van der Waals surface area (Å²) in [5.74, 6) is 2.96. The van der Waals surface area contributed by atoms with Crippen LogP contribution in [-0.2, 0) is 6.54 Å². The highest BCUT2D eigenvalue weighted by Crippen LogP contribution is 2.38. The van der Waals surface area contributed by atoms with E-state index in [9.17, 15) is 0 Å². The summed E-state index contributed by atoms with van der Waals surface area (Å²) in [6, 6.07) is 9.74. The minimum Gasteiger partial charge on any atom is -0.497 e. The summed E-state index contributed by atoms with van der Waals surface area (Å²) in [6.45, 7) is 3.98. The molecule has 0 unspecified atom stereocenters. The maximum atomic E-state index is 6.37. The van der Waals surface area contributed by atoms with Gasteiger partial charge in [-0.25, -0.2) is 0 Å². The molecule has 1 aliphatic rings. The van der Waals surface area contributed by atoms with Crippen molar-refractivity contribution in [2.75, 3.05) is 27.4 Å². The van der Waals surface area contributed by atoms with Crippen LogP contribution in [-0.4, -0.2) is 27.4 Å². The Kier molecular flexibility index (Phi) is 6.12. The molecule has 1 N–H and O–H groups in total. The van der Waals surface area contributed by atoms with Gasteiger partial charge in [0.05, 0.1) is 32.5 Å². The van der Waals surface area contributed by atoms with E-state index < -0.39 is 0 Å². The standard InChI is InChI=1S/C20H24ClNO4/c1-13(16-11-15(23-2)5-6-18(16)24-3)22-12-14-9-17(21)20-19(10-14)25-7-4-8-26-20/h5-6,9-11,13,22H,4,7-8,12H2,1-3H3/t13-/m1/s1. The molecule has 1 heterocycles. The number of hydrogen-bond donors (Lipinski definition) is 1. The first kappa shape index (κ1) is 18.7. The van der Waals surface area contributed by atoms with Crippen molar-refractivity contribution in [3.8, 4) is 23.0 Å². The quantitative estimate of drug-likeness (QED) is 0.810. The third-order valence-electron chi connectivity index (χ3n) is 4.38. The van der Waals surface area contributed by atoms with E-state index in [-0.39, 0.29) is 6.04 Å². The summed E-state index contributed by atoms with van der Waals surface area (Å²) in [5.41, 5.74) is 2.07. The van der Waals surface area contributed by atoms with E-state index in [1.807, 2.05) is 30.3 Å². The normalized spacial score (nSPS) is 14.5. The van der Waals surface area contributed by atoms with Gasteiger partial charge < -0.3 is 24.3 Å². The summed E-state index contributed by atoms with van der Waals surface area (Å²) in [7, 11) is 3.32. The van der Waals surface area contributed by atoms with Crippen molar-refractivity contribution in [3.05, 3.63) is 46.5 Å². The van der Waals surface area contributed by atoms with Crippen molar-refractivity contribution in [1.29, 1.82) is 0 Å². The summed E-state index contributed by atoms with van der Waals surface area (Å²) >= 11 is 6.37. The second-order valence-electron chi connectivity index (χ2n) is 6.17. The lowest BCUT2D eigenvalue weighted by Gasteiger charge is -2.19. The predicted molar refractivity (Wildman–Crippen MR) is 102 cm³/mol. The van der Waals surface area contributed by atoms with E-state index in [1.165, 1.54) is 0 Å². The predicted octanol–water partition coefficient (Wildman–Crippen LogP) is 4.37. The number of hydrogen-bond acceptors (Lipinski definition) is 5. The van der Waals surface area contributed by atoms with Gasteiger partial charge in [0.2, 0.25) is 0 Å². The van der Waals surface area contributed by atoms with Gasteiger partial charge in [-0.2, -0.15) is 0 Å². The molecule has 1 aliphatic heterocycles. The van der Waals surface area contributed by atoms with Gasteiger partial charge in [0.15, 0.2) is 11.5 Å². The maximum absolute atomic E-state index is 6.37. The lowest BCUT2D eigenvalue weighted by Crippen LogP contribution is -2.19.